The molecule has 5 nitrogen and oxygen atoms in total. The van der Waals surface area contributed by atoms with Gasteiger partial charge in [0.15, 0.2) is 0 Å². The molecule has 1 heterocycles. The first-order chi connectivity index (χ1) is 9.45. The lowest BCUT2D eigenvalue weighted by Gasteiger charge is -2.04. The number of aryl methyl sites for hydroxylation is 1. The second-order valence-electron chi connectivity index (χ2n) is 4.87. The van der Waals surface area contributed by atoms with Crippen LogP contribution in [0.25, 0.3) is 11.5 Å². The van der Waals surface area contributed by atoms with Crippen molar-refractivity contribution in [3.63, 3.8) is 0 Å². The van der Waals surface area contributed by atoms with Crippen LogP contribution in [0.4, 0.5) is 4.39 Å². The minimum absolute atomic E-state index is 0.0489. The average molecular weight is 278 g/mol. The van der Waals surface area contributed by atoms with Crippen LogP contribution < -0.4 is 0 Å². The van der Waals surface area contributed by atoms with Crippen molar-refractivity contribution in [3.8, 4) is 11.5 Å². The minimum atomic E-state index is -0.855. The summed E-state index contributed by atoms with van der Waals surface area (Å²) in [4.78, 5) is 10.6. The summed E-state index contributed by atoms with van der Waals surface area (Å²) in [6.45, 7) is 3.57. The van der Waals surface area contributed by atoms with E-state index in [2.05, 4.69) is 10.2 Å². The number of aromatic nitrogens is 2. The van der Waals surface area contributed by atoms with Crippen LogP contribution in [0.15, 0.2) is 22.6 Å². The van der Waals surface area contributed by atoms with Crippen molar-refractivity contribution >= 4 is 5.97 Å². The minimum Gasteiger partial charge on any atom is -0.481 e. The van der Waals surface area contributed by atoms with E-state index in [-0.39, 0.29) is 18.2 Å². The van der Waals surface area contributed by atoms with Gasteiger partial charge in [-0.1, -0.05) is 6.92 Å². The van der Waals surface area contributed by atoms with E-state index in [1.54, 1.807) is 19.9 Å². The summed E-state index contributed by atoms with van der Waals surface area (Å²) in [6, 6.07) is 4.31. The highest BCUT2D eigenvalue weighted by atomic mass is 19.1. The van der Waals surface area contributed by atoms with E-state index in [4.69, 9.17) is 9.52 Å². The van der Waals surface area contributed by atoms with Crippen LogP contribution in [0.2, 0.25) is 0 Å². The van der Waals surface area contributed by atoms with Gasteiger partial charge in [-0.05, 0) is 36.6 Å². The number of rotatable bonds is 5. The third-order valence-corrected chi connectivity index (χ3v) is 2.93. The molecule has 1 N–H and O–H groups in total. The highest BCUT2D eigenvalue weighted by molar-refractivity contribution is 5.67. The van der Waals surface area contributed by atoms with Crippen molar-refractivity contribution < 1.29 is 18.7 Å². The molecule has 0 spiro atoms. The molecule has 1 atom stereocenters. The standard InChI is InChI=1S/C14H15FN2O3/c1-8(6-13(18)19)5-12-16-17-14(20-12)11-4-3-10(15)7-9(11)2/h3-4,7-8H,5-6H2,1-2H3,(H,18,19). The molecule has 106 valence electrons. The van der Waals surface area contributed by atoms with Gasteiger partial charge in [-0.3, -0.25) is 4.79 Å². The molecule has 0 aliphatic carbocycles. The molecule has 0 fully saturated rings. The first-order valence-corrected chi connectivity index (χ1v) is 6.26. The maximum Gasteiger partial charge on any atom is 0.303 e. The topological polar surface area (TPSA) is 76.2 Å². The molecule has 0 amide bonds. The average Bonchev–Trinajstić information content (AvgIpc) is 2.75. The molecule has 0 radical (unpaired) electrons. The van der Waals surface area contributed by atoms with E-state index in [0.717, 1.165) is 0 Å². The molecule has 20 heavy (non-hydrogen) atoms. The summed E-state index contributed by atoms with van der Waals surface area (Å²) < 4.78 is 18.5. The number of benzene rings is 1. The monoisotopic (exact) mass is 278 g/mol. The number of carboxylic acids is 1. The summed E-state index contributed by atoms with van der Waals surface area (Å²) >= 11 is 0. The van der Waals surface area contributed by atoms with E-state index in [1.165, 1.54) is 12.1 Å². The predicted molar refractivity (Wildman–Crippen MR) is 69.5 cm³/mol. The Bertz CT molecular complexity index is 625. The van der Waals surface area contributed by atoms with Crippen LogP contribution in [-0.2, 0) is 11.2 Å². The highest BCUT2D eigenvalue weighted by Gasteiger charge is 2.15. The van der Waals surface area contributed by atoms with Gasteiger partial charge >= 0.3 is 5.97 Å². The molecule has 0 bridgehead atoms. The first kappa shape index (κ1) is 14.2. The van der Waals surface area contributed by atoms with Gasteiger partial charge in [-0.15, -0.1) is 10.2 Å². The summed E-state index contributed by atoms with van der Waals surface area (Å²) in [5.74, 6) is -0.555. The molecule has 0 aliphatic heterocycles. The predicted octanol–water partition coefficient (Wildman–Crippen LogP) is 2.84. The van der Waals surface area contributed by atoms with E-state index < -0.39 is 5.97 Å². The number of carbonyl (C=O) groups is 1. The highest BCUT2D eigenvalue weighted by Crippen LogP contribution is 2.23. The third-order valence-electron chi connectivity index (χ3n) is 2.93. The summed E-state index contributed by atoms with van der Waals surface area (Å²) in [6.07, 6.45) is 0.451. The van der Waals surface area contributed by atoms with Crippen molar-refractivity contribution in [1.29, 1.82) is 0 Å². The van der Waals surface area contributed by atoms with Gasteiger partial charge in [0.25, 0.3) is 0 Å². The largest absolute Gasteiger partial charge is 0.481 e. The maximum absolute atomic E-state index is 13.0. The molecule has 1 unspecified atom stereocenters. The fourth-order valence-corrected chi connectivity index (χ4v) is 1.98. The van der Waals surface area contributed by atoms with Gasteiger partial charge in [-0.25, -0.2) is 4.39 Å². The van der Waals surface area contributed by atoms with Crippen LogP contribution in [0.1, 0.15) is 24.8 Å². The number of nitrogens with zero attached hydrogens (tertiary/aromatic N) is 2. The summed E-state index contributed by atoms with van der Waals surface area (Å²) in [5, 5.41) is 16.5. The molecule has 2 aromatic rings. The fraction of sp³-hybridized carbons (Fsp3) is 0.357. The molecule has 1 aromatic heterocycles. The molecule has 0 aliphatic rings. The van der Waals surface area contributed by atoms with Crippen LogP contribution in [0, 0.1) is 18.7 Å². The van der Waals surface area contributed by atoms with Crippen LogP contribution in [0.3, 0.4) is 0 Å². The van der Waals surface area contributed by atoms with Crippen LogP contribution in [-0.4, -0.2) is 21.3 Å². The van der Waals surface area contributed by atoms with Gasteiger partial charge in [0.05, 0.1) is 0 Å². The zero-order valence-corrected chi connectivity index (χ0v) is 11.3. The van der Waals surface area contributed by atoms with Gasteiger partial charge in [0, 0.05) is 18.4 Å². The molecule has 1 aromatic carbocycles. The third kappa shape index (κ3) is 3.40. The van der Waals surface area contributed by atoms with Gasteiger partial charge in [-0.2, -0.15) is 0 Å². The summed E-state index contributed by atoms with van der Waals surface area (Å²) in [7, 11) is 0. The van der Waals surface area contributed by atoms with E-state index >= 15 is 0 Å². The fourth-order valence-electron chi connectivity index (χ4n) is 1.98. The maximum atomic E-state index is 13.0. The van der Waals surface area contributed by atoms with Crippen molar-refractivity contribution in [2.75, 3.05) is 0 Å². The van der Waals surface area contributed by atoms with Gasteiger partial charge < -0.3 is 9.52 Å². The first-order valence-electron chi connectivity index (χ1n) is 6.26. The molecular formula is C14H15FN2O3. The molecule has 6 heteroatoms. The van der Waals surface area contributed by atoms with Crippen molar-refractivity contribution in [2.45, 2.75) is 26.7 Å². The lowest BCUT2D eigenvalue weighted by Crippen LogP contribution is -2.07. The van der Waals surface area contributed by atoms with E-state index in [0.29, 0.717) is 29.3 Å². The number of aliphatic carboxylic acids is 1. The second kappa shape index (κ2) is 5.81. The Kier molecular flexibility index (Phi) is 4.12. The quantitative estimate of drug-likeness (QED) is 0.910. The molecule has 0 saturated carbocycles. The lowest BCUT2D eigenvalue weighted by atomic mass is 10.0. The Labute approximate surface area is 115 Å². The lowest BCUT2D eigenvalue weighted by molar-refractivity contribution is -0.137. The number of halogens is 1. The van der Waals surface area contributed by atoms with E-state index in [9.17, 15) is 9.18 Å². The Morgan fingerprint density at radius 1 is 1.45 bits per heavy atom. The summed E-state index contributed by atoms with van der Waals surface area (Å²) in [5.41, 5.74) is 1.38. The Morgan fingerprint density at radius 2 is 2.20 bits per heavy atom. The van der Waals surface area contributed by atoms with E-state index in [1.807, 2.05) is 0 Å². The van der Waals surface area contributed by atoms with Crippen LogP contribution in [0.5, 0.6) is 0 Å². The zero-order valence-electron chi connectivity index (χ0n) is 11.3. The second-order valence-corrected chi connectivity index (χ2v) is 4.87. The smallest absolute Gasteiger partial charge is 0.303 e. The van der Waals surface area contributed by atoms with Gasteiger partial charge in [0.1, 0.15) is 5.82 Å². The molecular weight excluding hydrogens is 263 g/mol. The Hall–Kier alpha value is -2.24. The SMILES string of the molecule is Cc1cc(F)ccc1-c1nnc(CC(C)CC(=O)O)o1. The number of carboxylic acid groups (broad SMARTS) is 1. The Balaban J connectivity index is 2.14. The Morgan fingerprint density at radius 3 is 2.85 bits per heavy atom. The van der Waals surface area contributed by atoms with Crippen LogP contribution >= 0.6 is 0 Å². The van der Waals surface area contributed by atoms with Crippen molar-refractivity contribution in [2.24, 2.45) is 5.92 Å². The van der Waals surface area contributed by atoms with Crippen molar-refractivity contribution in [1.82, 2.24) is 10.2 Å². The number of hydrogen-bond acceptors (Lipinski definition) is 4. The normalized spacial score (nSPS) is 12.3. The molecule has 0 saturated heterocycles. The van der Waals surface area contributed by atoms with Gasteiger partial charge in [0.2, 0.25) is 11.8 Å². The molecule has 2 rings (SSSR count). The number of hydrogen-bond donors (Lipinski definition) is 1. The zero-order chi connectivity index (χ0) is 14.7. The van der Waals surface area contributed by atoms with Crippen molar-refractivity contribution in [3.05, 3.63) is 35.5 Å².